The van der Waals surface area contributed by atoms with Crippen LogP contribution in [0.1, 0.15) is 40.5 Å². The van der Waals surface area contributed by atoms with E-state index in [1.807, 2.05) is 0 Å². The molecule has 0 spiro atoms. The molecule has 3 rings (SSSR count). The first-order chi connectivity index (χ1) is 9.46. The van der Waals surface area contributed by atoms with Crippen molar-refractivity contribution in [2.24, 2.45) is 0 Å². The van der Waals surface area contributed by atoms with Crippen LogP contribution in [0, 0.1) is 0 Å². The molecule has 0 bridgehead atoms. The van der Waals surface area contributed by atoms with Gasteiger partial charge in [0.25, 0.3) is 21.8 Å². The lowest BCUT2D eigenvalue weighted by atomic mass is 10.1. The highest BCUT2D eigenvalue weighted by Crippen LogP contribution is 2.39. The van der Waals surface area contributed by atoms with Crippen LogP contribution in [0.3, 0.4) is 0 Å². The summed E-state index contributed by atoms with van der Waals surface area (Å²) in [6.45, 7) is 2.23. The summed E-state index contributed by atoms with van der Waals surface area (Å²) in [7, 11) is -3.80. The minimum absolute atomic E-state index is 0.0573. The van der Waals surface area contributed by atoms with Gasteiger partial charge < -0.3 is 5.32 Å². The van der Waals surface area contributed by atoms with Gasteiger partial charge in [0, 0.05) is 18.2 Å². The molecule has 6 nitrogen and oxygen atoms in total. The number of nitrogens with zero attached hydrogens (tertiary/aromatic N) is 1. The van der Waals surface area contributed by atoms with Crippen molar-refractivity contribution in [2.45, 2.75) is 30.7 Å². The highest BCUT2D eigenvalue weighted by molar-refractivity contribution is 7.90. The molecule has 2 amide bonds. The Balaban J connectivity index is 2.07. The molecule has 0 unspecified atom stereocenters. The van der Waals surface area contributed by atoms with Gasteiger partial charge in [-0.15, -0.1) is 0 Å². The van der Waals surface area contributed by atoms with Crippen molar-refractivity contribution in [3.8, 4) is 0 Å². The van der Waals surface area contributed by atoms with Crippen molar-refractivity contribution in [1.82, 2.24) is 9.62 Å². The Bertz CT molecular complexity index is 707. The molecule has 1 aliphatic heterocycles. The molecule has 1 aromatic carbocycles. The van der Waals surface area contributed by atoms with E-state index in [0.717, 1.165) is 4.31 Å². The molecule has 2 aliphatic rings. The molecule has 106 valence electrons. The zero-order valence-electron chi connectivity index (χ0n) is 10.9. The van der Waals surface area contributed by atoms with Crippen LogP contribution in [0.25, 0.3) is 0 Å². The fourth-order valence-corrected chi connectivity index (χ4v) is 4.16. The van der Waals surface area contributed by atoms with Crippen LogP contribution in [0.2, 0.25) is 0 Å². The molecule has 1 saturated carbocycles. The lowest BCUT2D eigenvalue weighted by Gasteiger charge is -2.13. The Morgan fingerprint density at radius 3 is 2.70 bits per heavy atom. The van der Waals surface area contributed by atoms with Gasteiger partial charge in [-0.3, -0.25) is 9.59 Å². The average Bonchev–Trinajstić information content (AvgIpc) is 3.19. The van der Waals surface area contributed by atoms with Crippen molar-refractivity contribution in [3.63, 3.8) is 0 Å². The number of carbonyl (C=O) groups excluding carboxylic acids is 2. The maximum Gasteiger partial charge on any atom is 0.269 e. The standard InChI is InChI=1S/C13H14N2O4S/c1-2-14-12(16)8-3-6-10-11(7-8)20(18,19)15(13(10)17)9-4-5-9/h3,6-7,9H,2,4-5H2,1H3,(H,14,16). The summed E-state index contributed by atoms with van der Waals surface area (Å²) in [5, 5.41) is 2.61. The zero-order chi connectivity index (χ0) is 14.5. The van der Waals surface area contributed by atoms with Crippen molar-refractivity contribution in [2.75, 3.05) is 6.54 Å². The van der Waals surface area contributed by atoms with Crippen LogP contribution in [-0.4, -0.2) is 37.1 Å². The Morgan fingerprint density at radius 1 is 1.40 bits per heavy atom. The monoisotopic (exact) mass is 294 g/mol. The largest absolute Gasteiger partial charge is 0.352 e. The second kappa shape index (κ2) is 4.31. The Hall–Kier alpha value is -1.89. The van der Waals surface area contributed by atoms with E-state index in [2.05, 4.69) is 5.32 Å². The lowest BCUT2D eigenvalue weighted by molar-refractivity contribution is 0.0863. The lowest BCUT2D eigenvalue weighted by Crippen LogP contribution is -2.32. The summed E-state index contributed by atoms with van der Waals surface area (Å²) < 4.78 is 25.7. The molecule has 20 heavy (non-hydrogen) atoms. The summed E-state index contributed by atoms with van der Waals surface area (Å²) in [5.74, 6) is -0.826. The smallest absolute Gasteiger partial charge is 0.269 e. The molecular weight excluding hydrogens is 280 g/mol. The summed E-state index contributed by atoms with van der Waals surface area (Å²) in [5.41, 5.74) is 0.407. The second-order valence-electron chi connectivity index (χ2n) is 4.91. The van der Waals surface area contributed by atoms with E-state index in [9.17, 15) is 18.0 Å². The number of amides is 2. The first kappa shape index (κ1) is 13.1. The van der Waals surface area contributed by atoms with Crippen molar-refractivity contribution in [3.05, 3.63) is 29.3 Å². The van der Waals surface area contributed by atoms with Gasteiger partial charge in [-0.1, -0.05) is 0 Å². The number of hydrogen-bond donors (Lipinski definition) is 1. The number of sulfonamides is 1. The third-order valence-electron chi connectivity index (χ3n) is 3.43. The van der Waals surface area contributed by atoms with Gasteiger partial charge in [0.15, 0.2) is 0 Å². The molecule has 0 saturated heterocycles. The number of rotatable bonds is 3. The van der Waals surface area contributed by atoms with Gasteiger partial charge in [0.1, 0.15) is 4.90 Å². The number of fused-ring (bicyclic) bond motifs is 1. The van der Waals surface area contributed by atoms with Crippen LogP contribution in [-0.2, 0) is 10.0 Å². The van der Waals surface area contributed by atoms with Crippen LogP contribution in [0.4, 0.5) is 0 Å². The molecular formula is C13H14N2O4S. The highest BCUT2D eigenvalue weighted by Gasteiger charge is 2.48. The van der Waals surface area contributed by atoms with Crippen molar-refractivity contribution in [1.29, 1.82) is 0 Å². The maximum absolute atomic E-state index is 12.4. The summed E-state index contributed by atoms with van der Waals surface area (Å²) >= 11 is 0. The highest BCUT2D eigenvalue weighted by atomic mass is 32.2. The topological polar surface area (TPSA) is 83.6 Å². The van der Waals surface area contributed by atoms with E-state index < -0.39 is 15.9 Å². The summed E-state index contributed by atoms with van der Waals surface area (Å²) in [4.78, 5) is 23.8. The minimum atomic E-state index is -3.80. The first-order valence-corrected chi connectivity index (χ1v) is 7.92. The third kappa shape index (κ3) is 1.81. The number of hydrogen-bond acceptors (Lipinski definition) is 4. The van der Waals surface area contributed by atoms with E-state index in [-0.39, 0.29) is 28.0 Å². The van der Waals surface area contributed by atoms with Crippen LogP contribution in [0.15, 0.2) is 23.1 Å². The second-order valence-corrected chi connectivity index (χ2v) is 6.69. The quantitative estimate of drug-likeness (QED) is 0.891. The van der Waals surface area contributed by atoms with E-state index in [1.165, 1.54) is 18.2 Å². The molecule has 1 fully saturated rings. The van der Waals surface area contributed by atoms with Gasteiger partial charge in [0.2, 0.25) is 0 Å². The van der Waals surface area contributed by atoms with Crippen LogP contribution in [0.5, 0.6) is 0 Å². The molecule has 1 aromatic rings. The SMILES string of the molecule is CCNC(=O)c1ccc2c(c1)S(=O)(=O)N(C1CC1)C2=O. The summed E-state index contributed by atoms with van der Waals surface area (Å²) in [6, 6.07) is 3.97. The van der Waals surface area contributed by atoms with Gasteiger partial charge in [0.05, 0.1) is 5.56 Å². The van der Waals surface area contributed by atoms with Gasteiger partial charge in [-0.2, -0.15) is 0 Å². The van der Waals surface area contributed by atoms with Gasteiger partial charge in [-0.25, -0.2) is 12.7 Å². The Labute approximate surface area is 116 Å². The predicted molar refractivity (Wildman–Crippen MR) is 70.8 cm³/mol. The Kier molecular flexibility index (Phi) is 2.82. The van der Waals surface area contributed by atoms with E-state index in [4.69, 9.17) is 0 Å². The number of carbonyl (C=O) groups is 2. The predicted octanol–water partition coefficient (Wildman–Crippen LogP) is 0.743. The van der Waals surface area contributed by atoms with E-state index >= 15 is 0 Å². The average molecular weight is 294 g/mol. The zero-order valence-corrected chi connectivity index (χ0v) is 11.7. The Morgan fingerprint density at radius 2 is 2.10 bits per heavy atom. The minimum Gasteiger partial charge on any atom is -0.352 e. The third-order valence-corrected chi connectivity index (χ3v) is 5.30. The van der Waals surface area contributed by atoms with E-state index in [0.29, 0.717) is 19.4 Å². The van der Waals surface area contributed by atoms with E-state index in [1.54, 1.807) is 6.92 Å². The molecule has 0 atom stereocenters. The molecule has 0 aromatic heterocycles. The number of benzene rings is 1. The summed E-state index contributed by atoms with van der Waals surface area (Å²) in [6.07, 6.45) is 1.42. The fraction of sp³-hybridized carbons (Fsp3) is 0.385. The van der Waals surface area contributed by atoms with Crippen molar-refractivity contribution >= 4 is 21.8 Å². The van der Waals surface area contributed by atoms with Crippen LogP contribution >= 0.6 is 0 Å². The van der Waals surface area contributed by atoms with Crippen LogP contribution < -0.4 is 5.32 Å². The number of nitrogens with one attached hydrogen (secondary N) is 1. The molecule has 1 aliphatic carbocycles. The molecule has 7 heteroatoms. The first-order valence-electron chi connectivity index (χ1n) is 6.48. The van der Waals surface area contributed by atoms with Gasteiger partial charge >= 0.3 is 0 Å². The normalized spacial score (nSPS) is 19.9. The maximum atomic E-state index is 12.4. The van der Waals surface area contributed by atoms with Gasteiger partial charge in [-0.05, 0) is 38.0 Å². The molecule has 1 N–H and O–H groups in total. The molecule has 0 radical (unpaired) electrons. The molecule has 1 heterocycles. The fourth-order valence-electron chi connectivity index (χ4n) is 2.32. The van der Waals surface area contributed by atoms with Crippen molar-refractivity contribution < 1.29 is 18.0 Å².